The molecule has 9 heteroatoms. The molecule has 2 rings (SSSR count). The van der Waals surface area contributed by atoms with E-state index in [4.69, 9.17) is 0 Å². The van der Waals surface area contributed by atoms with Crippen molar-refractivity contribution in [2.75, 3.05) is 19.4 Å². The van der Waals surface area contributed by atoms with Gasteiger partial charge in [0.1, 0.15) is 5.75 Å². The molecule has 2 amide bonds. The second kappa shape index (κ2) is 8.81. The van der Waals surface area contributed by atoms with Gasteiger partial charge in [0.15, 0.2) is 0 Å². The maximum atomic E-state index is 12.1. The van der Waals surface area contributed by atoms with Gasteiger partial charge in [0, 0.05) is 24.7 Å². The number of anilines is 1. The number of hydrogen-bond acceptors (Lipinski definition) is 4. The molecule has 0 aliphatic carbocycles. The van der Waals surface area contributed by atoms with Crippen molar-refractivity contribution in [1.82, 2.24) is 4.90 Å². The topological polar surface area (TPSA) is 58.6 Å². The van der Waals surface area contributed by atoms with Crippen LogP contribution in [0.3, 0.4) is 0 Å². The first kappa shape index (κ1) is 20.6. The maximum Gasteiger partial charge on any atom is 0.573 e. The van der Waals surface area contributed by atoms with Crippen LogP contribution in [-0.4, -0.2) is 36.5 Å². The van der Waals surface area contributed by atoms with Crippen LogP contribution in [0.4, 0.5) is 23.7 Å². The molecule has 0 saturated carbocycles. The molecule has 144 valence electrons. The van der Waals surface area contributed by atoms with Gasteiger partial charge < -0.3 is 15.0 Å². The molecule has 27 heavy (non-hydrogen) atoms. The highest BCUT2D eigenvalue weighted by atomic mass is 32.2. The number of rotatable bonds is 5. The number of nitrogens with one attached hydrogen (secondary N) is 1. The molecule has 1 N–H and O–H groups in total. The predicted molar refractivity (Wildman–Crippen MR) is 96.8 cm³/mol. The number of carbonyl (C=O) groups is 2. The van der Waals surface area contributed by atoms with Crippen LogP contribution in [0.2, 0.25) is 0 Å². The smallest absolute Gasteiger partial charge is 0.406 e. The third-order valence-corrected chi connectivity index (χ3v) is 4.24. The normalized spacial score (nSPS) is 11.0. The minimum Gasteiger partial charge on any atom is -0.406 e. The van der Waals surface area contributed by atoms with Crippen LogP contribution < -0.4 is 10.1 Å². The van der Waals surface area contributed by atoms with Crippen molar-refractivity contribution >= 4 is 28.6 Å². The van der Waals surface area contributed by atoms with E-state index in [0.29, 0.717) is 16.1 Å². The fourth-order valence-corrected chi connectivity index (χ4v) is 2.75. The van der Waals surface area contributed by atoms with Crippen molar-refractivity contribution in [2.45, 2.75) is 17.7 Å². The lowest BCUT2D eigenvalue weighted by Crippen LogP contribution is -2.17. The summed E-state index contributed by atoms with van der Waals surface area (Å²) in [5, 5.41) is 2.56. The Morgan fingerprint density at radius 1 is 1.11 bits per heavy atom. The van der Waals surface area contributed by atoms with Gasteiger partial charge in [0.25, 0.3) is 5.24 Å². The molecule has 0 bridgehead atoms. The standard InChI is InChI=1S/C18H17F3N2O3S/c1-23(2)17(25)27-15-5-3-4-13(11-15)22-16(24)10-12-6-8-14(9-7-12)26-18(19,20)21/h3-9,11H,10H2,1-2H3,(H,22,24). The Balaban J connectivity index is 1.94. The summed E-state index contributed by atoms with van der Waals surface area (Å²) in [6.45, 7) is 0. The van der Waals surface area contributed by atoms with Gasteiger partial charge in [-0.3, -0.25) is 9.59 Å². The van der Waals surface area contributed by atoms with Gasteiger partial charge in [0.2, 0.25) is 5.91 Å². The van der Waals surface area contributed by atoms with E-state index in [-0.39, 0.29) is 23.3 Å². The highest BCUT2D eigenvalue weighted by Gasteiger charge is 2.30. The minimum absolute atomic E-state index is 0.0136. The number of nitrogens with zero attached hydrogens (tertiary/aromatic N) is 1. The van der Waals surface area contributed by atoms with Crippen LogP contribution in [-0.2, 0) is 11.2 Å². The van der Waals surface area contributed by atoms with E-state index in [1.165, 1.54) is 17.0 Å². The zero-order valence-corrected chi connectivity index (χ0v) is 15.4. The Morgan fingerprint density at radius 2 is 1.78 bits per heavy atom. The summed E-state index contributed by atoms with van der Waals surface area (Å²) in [6, 6.07) is 11.9. The number of amides is 2. The summed E-state index contributed by atoms with van der Waals surface area (Å²) in [4.78, 5) is 26.0. The van der Waals surface area contributed by atoms with Crippen molar-refractivity contribution in [3.05, 3.63) is 54.1 Å². The van der Waals surface area contributed by atoms with E-state index in [1.807, 2.05) is 0 Å². The Kier molecular flexibility index (Phi) is 6.73. The van der Waals surface area contributed by atoms with Crippen molar-refractivity contribution in [1.29, 1.82) is 0 Å². The first-order valence-electron chi connectivity index (χ1n) is 7.76. The van der Waals surface area contributed by atoms with Gasteiger partial charge in [0.05, 0.1) is 6.42 Å². The molecule has 0 radical (unpaired) electrons. The van der Waals surface area contributed by atoms with Crippen LogP contribution in [0.1, 0.15) is 5.56 Å². The number of carbonyl (C=O) groups excluding carboxylic acids is 2. The van der Waals surface area contributed by atoms with Crippen LogP contribution in [0, 0.1) is 0 Å². The SMILES string of the molecule is CN(C)C(=O)Sc1cccc(NC(=O)Cc2ccc(OC(F)(F)F)cc2)c1. The molecule has 0 atom stereocenters. The molecule has 0 unspecified atom stereocenters. The van der Waals surface area contributed by atoms with Gasteiger partial charge in [-0.25, -0.2) is 0 Å². The lowest BCUT2D eigenvalue weighted by Gasteiger charge is -2.11. The summed E-state index contributed by atoms with van der Waals surface area (Å²) in [6.07, 6.45) is -4.77. The lowest BCUT2D eigenvalue weighted by atomic mass is 10.1. The lowest BCUT2D eigenvalue weighted by molar-refractivity contribution is -0.274. The molecule has 0 saturated heterocycles. The second-order valence-corrected chi connectivity index (χ2v) is 6.73. The van der Waals surface area contributed by atoms with Gasteiger partial charge >= 0.3 is 6.36 Å². The fraction of sp³-hybridized carbons (Fsp3) is 0.222. The van der Waals surface area contributed by atoms with E-state index in [2.05, 4.69) is 10.1 Å². The molecular weight excluding hydrogens is 381 g/mol. The fourth-order valence-electron chi connectivity index (χ4n) is 2.03. The Labute approximate surface area is 158 Å². The zero-order chi connectivity index (χ0) is 20.0. The summed E-state index contributed by atoms with van der Waals surface area (Å²) in [7, 11) is 3.29. The summed E-state index contributed by atoms with van der Waals surface area (Å²) in [5.74, 6) is -0.678. The van der Waals surface area contributed by atoms with Gasteiger partial charge in [-0.2, -0.15) is 0 Å². The van der Waals surface area contributed by atoms with E-state index in [9.17, 15) is 22.8 Å². The summed E-state index contributed by atoms with van der Waals surface area (Å²) >= 11 is 1.03. The largest absolute Gasteiger partial charge is 0.573 e. The van der Waals surface area contributed by atoms with Crippen molar-refractivity contribution in [3.63, 3.8) is 0 Å². The van der Waals surface area contributed by atoms with Crippen molar-refractivity contribution in [3.8, 4) is 5.75 Å². The van der Waals surface area contributed by atoms with Crippen LogP contribution in [0.5, 0.6) is 5.75 Å². The second-order valence-electron chi connectivity index (χ2n) is 5.71. The summed E-state index contributed by atoms with van der Waals surface area (Å²) < 4.78 is 40.2. The highest BCUT2D eigenvalue weighted by molar-refractivity contribution is 8.13. The highest BCUT2D eigenvalue weighted by Crippen LogP contribution is 2.24. The number of benzene rings is 2. The van der Waals surface area contributed by atoms with E-state index >= 15 is 0 Å². The number of ether oxygens (including phenoxy) is 1. The molecule has 0 fully saturated rings. The molecular formula is C18H17F3N2O3S. The Bertz CT molecular complexity index is 808. The number of halogens is 3. The van der Waals surface area contributed by atoms with Crippen LogP contribution >= 0.6 is 11.8 Å². The molecule has 0 aliphatic rings. The third-order valence-electron chi connectivity index (χ3n) is 3.21. The molecule has 2 aromatic carbocycles. The molecule has 0 aromatic heterocycles. The quantitative estimate of drug-likeness (QED) is 0.752. The number of hydrogen-bond donors (Lipinski definition) is 1. The average molecular weight is 398 g/mol. The van der Waals surface area contributed by atoms with Gasteiger partial charge in [-0.1, -0.05) is 18.2 Å². The summed E-state index contributed by atoms with van der Waals surface area (Å²) in [5.41, 5.74) is 1.06. The first-order valence-corrected chi connectivity index (χ1v) is 8.58. The monoisotopic (exact) mass is 398 g/mol. The molecule has 0 heterocycles. The third kappa shape index (κ3) is 7.22. The Hall–Kier alpha value is -2.68. The molecule has 5 nitrogen and oxygen atoms in total. The van der Waals surface area contributed by atoms with Crippen molar-refractivity contribution < 1.29 is 27.5 Å². The predicted octanol–water partition coefficient (Wildman–Crippen LogP) is 4.54. The average Bonchev–Trinajstić information content (AvgIpc) is 2.55. The van der Waals surface area contributed by atoms with E-state index in [1.54, 1.807) is 38.4 Å². The van der Waals surface area contributed by atoms with Crippen LogP contribution in [0.15, 0.2) is 53.4 Å². The van der Waals surface area contributed by atoms with E-state index < -0.39 is 6.36 Å². The van der Waals surface area contributed by atoms with Crippen LogP contribution in [0.25, 0.3) is 0 Å². The molecule has 0 spiro atoms. The van der Waals surface area contributed by atoms with Crippen molar-refractivity contribution in [2.24, 2.45) is 0 Å². The number of thioether (sulfide) groups is 1. The molecule has 2 aromatic rings. The van der Waals surface area contributed by atoms with Gasteiger partial charge in [-0.05, 0) is 47.7 Å². The van der Waals surface area contributed by atoms with Gasteiger partial charge in [-0.15, -0.1) is 13.2 Å². The zero-order valence-electron chi connectivity index (χ0n) is 14.5. The maximum absolute atomic E-state index is 12.1. The first-order chi connectivity index (χ1) is 12.6. The molecule has 0 aliphatic heterocycles. The minimum atomic E-state index is -4.75. The Morgan fingerprint density at radius 3 is 2.37 bits per heavy atom. The van der Waals surface area contributed by atoms with E-state index in [0.717, 1.165) is 23.9 Å². The number of alkyl halides is 3.